The summed E-state index contributed by atoms with van der Waals surface area (Å²) in [7, 11) is 0. The first-order valence-corrected chi connectivity index (χ1v) is 8.00. The highest BCUT2D eigenvalue weighted by molar-refractivity contribution is 7.09. The fourth-order valence-electron chi connectivity index (χ4n) is 2.87. The average molecular weight is 309 g/mol. The molecule has 2 atom stereocenters. The summed E-state index contributed by atoms with van der Waals surface area (Å²) in [6, 6.07) is 17.9. The van der Waals surface area contributed by atoms with Crippen LogP contribution in [0.5, 0.6) is 0 Å². The number of anilines is 1. The van der Waals surface area contributed by atoms with Crippen LogP contribution < -0.4 is 5.32 Å². The number of hydrogen-bond acceptors (Lipinski definition) is 5. The van der Waals surface area contributed by atoms with E-state index in [0.717, 1.165) is 16.3 Å². The van der Waals surface area contributed by atoms with Gasteiger partial charge in [-0.05, 0) is 11.1 Å². The van der Waals surface area contributed by atoms with Crippen LogP contribution >= 0.6 is 11.5 Å². The van der Waals surface area contributed by atoms with E-state index in [1.807, 2.05) is 42.5 Å². The number of fused-ring (bicyclic) bond motifs is 1. The van der Waals surface area contributed by atoms with Crippen molar-refractivity contribution in [3.05, 3.63) is 65.7 Å². The molecule has 5 heteroatoms. The van der Waals surface area contributed by atoms with Gasteiger partial charge in [0.05, 0.1) is 12.1 Å². The monoisotopic (exact) mass is 309 g/mol. The van der Waals surface area contributed by atoms with Crippen molar-refractivity contribution in [3.63, 3.8) is 0 Å². The first-order chi connectivity index (χ1) is 10.8. The second-order valence-electron chi connectivity index (χ2n) is 5.38. The molecule has 1 aliphatic rings. The topological polar surface area (TPSA) is 58.0 Å². The van der Waals surface area contributed by atoms with Crippen molar-refractivity contribution in [3.8, 4) is 11.4 Å². The number of hydrogen-bond donors (Lipinski definition) is 2. The van der Waals surface area contributed by atoms with E-state index in [1.54, 1.807) is 0 Å². The molecule has 22 heavy (non-hydrogen) atoms. The molecule has 1 aliphatic carbocycles. The Hall–Kier alpha value is -2.24. The van der Waals surface area contributed by atoms with Gasteiger partial charge >= 0.3 is 0 Å². The summed E-state index contributed by atoms with van der Waals surface area (Å²) in [6.07, 6.45) is 0.250. The Balaban J connectivity index is 1.59. The maximum Gasteiger partial charge on any atom is 0.203 e. The summed E-state index contributed by atoms with van der Waals surface area (Å²) < 4.78 is 4.40. The SMILES string of the molecule is O[C@@H]1Cc2ccccc2[C@@H]1Nc1nc(-c2ccccc2)ns1. The number of nitrogens with one attached hydrogen (secondary N) is 1. The minimum atomic E-state index is -0.429. The Labute approximate surface area is 132 Å². The Bertz CT molecular complexity index is 787. The van der Waals surface area contributed by atoms with Crippen LogP contribution in [0, 0.1) is 0 Å². The molecular formula is C17H15N3OS. The van der Waals surface area contributed by atoms with Gasteiger partial charge in [-0.15, -0.1) is 0 Å². The molecule has 110 valence electrons. The molecule has 1 heterocycles. The number of nitrogens with zero attached hydrogens (tertiary/aromatic N) is 2. The third kappa shape index (κ3) is 2.38. The van der Waals surface area contributed by atoms with Crippen LogP contribution in [0.4, 0.5) is 5.13 Å². The zero-order chi connectivity index (χ0) is 14.9. The number of benzene rings is 2. The molecule has 0 saturated heterocycles. The van der Waals surface area contributed by atoms with E-state index in [9.17, 15) is 5.11 Å². The summed E-state index contributed by atoms with van der Waals surface area (Å²) in [5.41, 5.74) is 3.34. The fraction of sp³-hybridized carbons (Fsp3) is 0.176. The summed E-state index contributed by atoms with van der Waals surface area (Å²) >= 11 is 1.32. The summed E-state index contributed by atoms with van der Waals surface area (Å²) in [5, 5.41) is 14.4. The van der Waals surface area contributed by atoms with Crippen LogP contribution in [0.15, 0.2) is 54.6 Å². The van der Waals surface area contributed by atoms with Crippen LogP contribution in [0.1, 0.15) is 17.2 Å². The molecule has 3 aromatic rings. The van der Waals surface area contributed by atoms with Crippen molar-refractivity contribution in [2.75, 3.05) is 5.32 Å². The van der Waals surface area contributed by atoms with Gasteiger partial charge in [-0.3, -0.25) is 0 Å². The molecule has 0 amide bonds. The lowest BCUT2D eigenvalue weighted by Gasteiger charge is -2.16. The van der Waals surface area contributed by atoms with Crippen molar-refractivity contribution in [1.29, 1.82) is 0 Å². The fourth-order valence-corrected chi connectivity index (χ4v) is 3.49. The molecule has 4 nitrogen and oxygen atoms in total. The van der Waals surface area contributed by atoms with Gasteiger partial charge in [-0.2, -0.15) is 9.36 Å². The molecule has 2 N–H and O–H groups in total. The van der Waals surface area contributed by atoms with Gasteiger partial charge in [-0.1, -0.05) is 54.6 Å². The van der Waals surface area contributed by atoms with Crippen LogP contribution in [-0.4, -0.2) is 20.6 Å². The predicted octanol–water partition coefficient (Wildman–Crippen LogP) is 3.28. The lowest BCUT2D eigenvalue weighted by Crippen LogP contribution is -2.21. The summed E-state index contributed by atoms with van der Waals surface area (Å²) in [5.74, 6) is 0.717. The Kier molecular flexibility index (Phi) is 3.36. The molecule has 2 aromatic carbocycles. The third-order valence-corrected chi connectivity index (χ3v) is 4.59. The molecule has 0 radical (unpaired) electrons. The number of aliphatic hydroxyl groups excluding tert-OH is 1. The van der Waals surface area contributed by atoms with E-state index in [0.29, 0.717) is 12.2 Å². The Morgan fingerprint density at radius 2 is 1.82 bits per heavy atom. The number of aliphatic hydroxyl groups is 1. The highest BCUT2D eigenvalue weighted by atomic mass is 32.1. The third-order valence-electron chi connectivity index (χ3n) is 3.94. The minimum Gasteiger partial charge on any atom is -0.390 e. The lowest BCUT2D eigenvalue weighted by molar-refractivity contribution is 0.166. The smallest absolute Gasteiger partial charge is 0.203 e. The molecule has 0 saturated carbocycles. The normalized spacial score (nSPS) is 19.9. The maximum absolute atomic E-state index is 10.3. The maximum atomic E-state index is 10.3. The summed E-state index contributed by atoms with van der Waals surface area (Å²) in [4.78, 5) is 4.54. The zero-order valence-electron chi connectivity index (χ0n) is 11.8. The van der Waals surface area contributed by atoms with Gasteiger partial charge in [-0.25, -0.2) is 0 Å². The van der Waals surface area contributed by atoms with Gasteiger partial charge in [0.1, 0.15) is 0 Å². The zero-order valence-corrected chi connectivity index (χ0v) is 12.6. The van der Waals surface area contributed by atoms with E-state index < -0.39 is 6.10 Å². The molecule has 0 bridgehead atoms. The molecule has 0 spiro atoms. The highest BCUT2D eigenvalue weighted by Gasteiger charge is 2.31. The number of rotatable bonds is 3. The average Bonchev–Trinajstić information content (AvgIpc) is 3.14. The van der Waals surface area contributed by atoms with Crippen molar-refractivity contribution in [2.24, 2.45) is 0 Å². The van der Waals surface area contributed by atoms with Crippen molar-refractivity contribution >= 4 is 16.7 Å². The molecule has 4 rings (SSSR count). The molecule has 0 unspecified atom stereocenters. The lowest BCUT2D eigenvalue weighted by atomic mass is 10.1. The van der Waals surface area contributed by atoms with Gasteiger partial charge in [0, 0.05) is 23.5 Å². The van der Waals surface area contributed by atoms with Crippen LogP contribution in [-0.2, 0) is 6.42 Å². The van der Waals surface area contributed by atoms with Crippen LogP contribution in [0.25, 0.3) is 11.4 Å². The Morgan fingerprint density at radius 1 is 1.05 bits per heavy atom. The van der Waals surface area contributed by atoms with Crippen molar-refractivity contribution in [2.45, 2.75) is 18.6 Å². The van der Waals surface area contributed by atoms with Gasteiger partial charge in [0.2, 0.25) is 5.13 Å². The van der Waals surface area contributed by atoms with E-state index >= 15 is 0 Å². The van der Waals surface area contributed by atoms with E-state index in [1.165, 1.54) is 17.1 Å². The van der Waals surface area contributed by atoms with Crippen LogP contribution in [0.2, 0.25) is 0 Å². The molecule has 0 aliphatic heterocycles. The molecule has 1 aromatic heterocycles. The quantitative estimate of drug-likeness (QED) is 0.779. The van der Waals surface area contributed by atoms with E-state index in [-0.39, 0.29) is 6.04 Å². The second kappa shape index (κ2) is 5.51. The summed E-state index contributed by atoms with van der Waals surface area (Å²) in [6.45, 7) is 0. The van der Waals surface area contributed by atoms with E-state index in [2.05, 4.69) is 26.8 Å². The van der Waals surface area contributed by atoms with E-state index in [4.69, 9.17) is 0 Å². The van der Waals surface area contributed by atoms with Gasteiger partial charge in [0.15, 0.2) is 5.82 Å². The first kappa shape index (κ1) is 13.4. The van der Waals surface area contributed by atoms with Crippen molar-refractivity contribution < 1.29 is 5.11 Å². The molecular weight excluding hydrogens is 294 g/mol. The van der Waals surface area contributed by atoms with Gasteiger partial charge in [0.25, 0.3) is 0 Å². The standard InChI is InChI=1S/C17H15N3OS/c21-14-10-12-8-4-5-9-13(12)15(14)18-17-19-16(20-22-17)11-6-2-1-3-7-11/h1-9,14-15,21H,10H2,(H,18,19,20)/t14-,15+/m1/s1. The second-order valence-corrected chi connectivity index (χ2v) is 6.13. The number of aromatic nitrogens is 2. The minimum absolute atomic E-state index is 0.118. The largest absolute Gasteiger partial charge is 0.390 e. The predicted molar refractivity (Wildman–Crippen MR) is 87.9 cm³/mol. The van der Waals surface area contributed by atoms with Crippen LogP contribution in [0.3, 0.4) is 0 Å². The van der Waals surface area contributed by atoms with Crippen molar-refractivity contribution in [1.82, 2.24) is 9.36 Å². The molecule has 0 fully saturated rings. The van der Waals surface area contributed by atoms with Gasteiger partial charge < -0.3 is 10.4 Å². The highest BCUT2D eigenvalue weighted by Crippen LogP contribution is 2.34. The Morgan fingerprint density at radius 3 is 2.68 bits per heavy atom. The first-order valence-electron chi connectivity index (χ1n) is 7.23.